The van der Waals surface area contributed by atoms with Crippen LogP contribution in [0.25, 0.3) is 0 Å². The molecule has 3 aliphatic heterocycles. The van der Waals surface area contributed by atoms with Crippen LogP contribution in [0, 0.1) is 6.92 Å². The Morgan fingerprint density at radius 3 is 2.55 bits per heavy atom. The minimum absolute atomic E-state index is 0.0154. The summed E-state index contributed by atoms with van der Waals surface area (Å²) in [6, 6.07) is 5.23. The van der Waals surface area contributed by atoms with Crippen molar-refractivity contribution in [2.75, 3.05) is 44.6 Å². The van der Waals surface area contributed by atoms with Crippen LogP contribution in [0.5, 0.6) is 0 Å². The third-order valence-corrected chi connectivity index (χ3v) is 6.97. The SMILES string of the molecule is CCN1CCN(C(=O)[C@H](C)N2CC[C@@]3(CCC2=O)NC(=O)c2ccc(C)cc2N3)CC1. The predicted molar refractivity (Wildman–Crippen MR) is 119 cm³/mol. The zero-order valence-corrected chi connectivity index (χ0v) is 18.7. The maximum absolute atomic E-state index is 13.1. The van der Waals surface area contributed by atoms with E-state index in [-0.39, 0.29) is 24.1 Å². The van der Waals surface area contributed by atoms with E-state index in [0.717, 1.165) is 30.9 Å². The average Bonchev–Trinajstić information content (AvgIpc) is 2.91. The number of amides is 3. The average molecular weight is 428 g/mol. The Labute approximate surface area is 183 Å². The van der Waals surface area contributed by atoms with E-state index in [9.17, 15) is 14.4 Å². The van der Waals surface area contributed by atoms with Gasteiger partial charge in [-0.2, -0.15) is 0 Å². The van der Waals surface area contributed by atoms with E-state index >= 15 is 0 Å². The standard InChI is InChI=1S/C23H33N5O3/c1-4-26-11-13-27(14-12-26)22(31)17(3)28-10-9-23(8-7-20(28)29)24-19-15-16(2)5-6-18(19)21(30)25-23/h5-6,15,17,24H,4,7-14H2,1-3H3,(H,25,30)/t17-,23+/m0/s1. The minimum atomic E-state index is -0.669. The number of aryl methyl sites for hydroxylation is 1. The molecule has 8 heteroatoms. The summed E-state index contributed by atoms with van der Waals surface area (Å²) in [5, 5.41) is 6.60. The van der Waals surface area contributed by atoms with E-state index in [4.69, 9.17) is 0 Å². The Morgan fingerprint density at radius 2 is 1.84 bits per heavy atom. The molecule has 0 bridgehead atoms. The first-order valence-corrected chi connectivity index (χ1v) is 11.3. The molecule has 2 saturated heterocycles. The van der Waals surface area contributed by atoms with Crippen molar-refractivity contribution in [3.05, 3.63) is 29.3 Å². The van der Waals surface area contributed by atoms with E-state index in [1.165, 1.54) is 0 Å². The van der Waals surface area contributed by atoms with E-state index in [1.807, 2.05) is 36.9 Å². The van der Waals surface area contributed by atoms with Crippen molar-refractivity contribution >= 4 is 23.4 Å². The lowest BCUT2D eigenvalue weighted by atomic mass is 9.94. The number of rotatable bonds is 3. The number of anilines is 1. The van der Waals surface area contributed by atoms with Gasteiger partial charge in [-0.25, -0.2) is 0 Å². The summed E-state index contributed by atoms with van der Waals surface area (Å²) in [6.07, 6.45) is 1.34. The number of fused-ring (bicyclic) bond motifs is 1. The molecule has 2 atom stereocenters. The number of carbonyl (C=O) groups excluding carboxylic acids is 3. The fraction of sp³-hybridized carbons (Fsp3) is 0.609. The van der Waals surface area contributed by atoms with Crippen molar-refractivity contribution in [3.8, 4) is 0 Å². The van der Waals surface area contributed by atoms with Crippen LogP contribution >= 0.6 is 0 Å². The van der Waals surface area contributed by atoms with Gasteiger partial charge in [0.1, 0.15) is 11.7 Å². The Morgan fingerprint density at radius 1 is 1.10 bits per heavy atom. The topological polar surface area (TPSA) is 85.0 Å². The second-order valence-electron chi connectivity index (χ2n) is 8.98. The van der Waals surface area contributed by atoms with Crippen LogP contribution in [0.15, 0.2) is 18.2 Å². The Kier molecular flexibility index (Phi) is 5.92. The van der Waals surface area contributed by atoms with Crippen LogP contribution in [0.4, 0.5) is 5.69 Å². The highest BCUT2D eigenvalue weighted by atomic mass is 16.2. The van der Waals surface area contributed by atoms with Crippen LogP contribution in [0.2, 0.25) is 0 Å². The van der Waals surface area contributed by atoms with Gasteiger partial charge < -0.3 is 25.3 Å². The summed E-state index contributed by atoms with van der Waals surface area (Å²) in [4.78, 5) is 44.7. The van der Waals surface area contributed by atoms with Crippen molar-refractivity contribution < 1.29 is 14.4 Å². The number of nitrogens with one attached hydrogen (secondary N) is 2. The molecule has 8 nitrogen and oxygen atoms in total. The first kappa shape index (κ1) is 21.6. The normalized spacial score (nSPS) is 25.5. The lowest BCUT2D eigenvalue weighted by Gasteiger charge is -2.40. The molecule has 0 aliphatic carbocycles. The zero-order chi connectivity index (χ0) is 22.2. The number of carbonyl (C=O) groups is 3. The van der Waals surface area contributed by atoms with Gasteiger partial charge in [-0.05, 0) is 44.5 Å². The molecule has 3 amide bonds. The molecule has 1 aromatic carbocycles. The summed E-state index contributed by atoms with van der Waals surface area (Å²) >= 11 is 0. The van der Waals surface area contributed by atoms with Gasteiger partial charge in [0.15, 0.2) is 0 Å². The summed E-state index contributed by atoms with van der Waals surface area (Å²) in [5.41, 5.74) is 1.84. The Balaban J connectivity index is 1.45. The molecule has 2 fully saturated rings. The first-order chi connectivity index (χ1) is 14.8. The minimum Gasteiger partial charge on any atom is -0.362 e. The lowest BCUT2D eigenvalue weighted by molar-refractivity contribution is -0.145. The van der Waals surface area contributed by atoms with Gasteiger partial charge in [-0.3, -0.25) is 14.4 Å². The lowest BCUT2D eigenvalue weighted by Crippen LogP contribution is -2.58. The molecule has 3 heterocycles. The maximum atomic E-state index is 13.1. The molecule has 1 spiro atoms. The van der Waals surface area contributed by atoms with Gasteiger partial charge in [0, 0.05) is 51.3 Å². The molecule has 4 rings (SSSR count). The number of hydrogen-bond donors (Lipinski definition) is 2. The molecule has 0 saturated carbocycles. The number of nitrogens with zero attached hydrogens (tertiary/aromatic N) is 3. The maximum Gasteiger partial charge on any atom is 0.255 e. The van der Waals surface area contributed by atoms with Gasteiger partial charge in [0.05, 0.1) is 5.56 Å². The number of likely N-dealkylation sites (tertiary alicyclic amines) is 1. The fourth-order valence-corrected chi connectivity index (χ4v) is 4.90. The van der Waals surface area contributed by atoms with Crippen LogP contribution < -0.4 is 10.6 Å². The van der Waals surface area contributed by atoms with Gasteiger partial charge in [-0.1, -0.05) is 13.0 Å². The van der Waals surface area contributed by atoms with Crippen LogP contribution in [-0.4, -0.2) is 83.4 Å². The fourth-order valence-electron chi connectivity index (χ4n) is 4.90. The van der Waals surface area contributed by atoms with Crippen molar-refractivity contribution in [2.24, 2.45) is 0 Å². The third-order valence-electron chi connectivity index (χ3n) is 6.97. The molecule has 2 N–H and O–H groups in total. The largest absolute Gasteiger partial charge is 0.362 e. The highest BCUT2D eigenvalue weighted by Gasteiger charge is 2.42. The summed E-state index contributed by atoms with van der Waals surface area (Å²) in [7, 11) is 0. The Hall–Kier alpha value is -2.61. The van der Waals surface area contributed by atoms with E-state index in [1.54, 1.807) is 4.90 Å². The first-order valence-electron chi connectivity index (χ1n) is 11.3. The summed E-state index contributed by atoms with van der Waals surface area (Å²) in [5.74, 6) is -0.134. The van der Waals surface area contributed by atoms with Crippen molar-refractivity contribution in [1.29, 1.82) is 0 Å². The van der Waals surface area contributed by atoms with Crippen LogP contribution in [-0.2, 0) is 9.59 Å². The van der Waals surface area contributed by atoms with E-state index < -0.39 is 11.7 Å². The van der Waals surface area contributed by atoms with Crippen LogP contribution in [0.1, 0.15) is 49.0 Å². The van der Waals surface area contributed by atoms with Crippen molar-refractivity contribution in [1.82, 2.24) is 20.0 Å². The van der Waals surface area contributed by atoms with Crippen molar-refractivity contribution in [3.63, 3.8) is 0 Å². The van der Waals surface area contributed by atoms with E-state index in [2.05, 4.69) is 22.5 Å². The zero-order valence-electron chi connectivity index (χ0n) is 18.7. The Bertz CT molecular complexity index is 880. The molecule has 1 aromatic rings. The summed E-state index contributed by atoms with van der Waals surface area (Å²) in [6.45, 7) is 10.5. The number of hydrogen-bond acceptors (Lipinski definition) is 5. The van der Waals surface area contributed by atoms with E-state index in [0.29, 0.717) is 38.0 Å². The molecule has 31 heavy (non-hydrogen) atoms. The van der Waals surface area contributed by atoms with Gasteiger partial charge in [0.2, 0.25) is 11.8 Å². The number of likely N-dealkylation sites (N-methyl/N-ethyl adjacent to an activating group) is 1. The second kappa shape index (κ2) is 8.49. The smallest absolute Gasteiger partial charge is 0.255 e. The second-order valence-corrected chi connectivity index (χ2v) is 8.98. The highest BCUT2D eigenvalue weighted by molar-refractivity contribution is 6.02. The molecule has 0 radical (unpaired) electrons. The van der Waals surface area contributed by atoms with Gasteiger partial charge >= 0.3 is 0 Å². The third kappa shape index (κ3) is 4.26. The molecule has 168 valence electrons. The van der Waals surface area contributed by atoms with Crippen molar-refractivity contribution in [2.45, 2.75) is 51.7 Å². The molecule has 3 aliphatic rings. The summed E-state index contributed by atoms with van der Waals surface area (Å²) < 4.78 is 0. The van der Waals surface area contributed by atoms with Crippen LogP contribution in [0.3, 0.4) is 0 Å². The predicted octanol–water partition coefficient (Wildman–Crippen LogP) is 1.41. The molecule has 0 unspecified atom stereocenters. The number of piperazine rings is 1. The molecular formula is C23H33N5O3. The number of benzene rings is 1. The monoisotopic (exact) mass is 427 g/mol. The molecule has 0 aromatic heterocycles. The van der Waals surface area contributed by atoms with Gasteiger partial charge in [0.25, 0.3) is 5.91 Å². The molecular weight excluding hydrogens is 394 g/mol. The quantitative estimate of drug-likeness (QED) is 0.762. The van der Waals surface area contributed by atoms with Gasteiger partial charge in [-0.15, -0.1) is 0 Å². The highest BCUT2D eigenvalue weighted by Crippen LogP contribution is 2.32.